The van der Waals surface area contributed by atoms with Gasteiger partial charge in [-0.3, -0.25) is 0 Å². The normalized spacial score (nSPS) is 17.4. The van der Waals surface area contributed by atoms with Gasteiger partial charge in [0.1, 0.15) is 0 Å². The van der Waals surface area contributed by atoms with Crippen molar-refractivity contribution in [2.24, 2.45) is 0 Å². The van der Waals surface area contributed by atoms with Gasteiger partial charge in [0.05, 0.1) is 11.7 Å². The van der Waals surface area contributed by atoms with Gasteiger partial charge in [0.25, 0.3) is 0 Å². The van der Waals surface area contributed by atoms with Crippen molar-refractivity contribution in [1.82, 2.24) is 9.88 Å². The zero-order chi connectivity index (χ0) is 16.4. The summed E-state index contributed by atoms with van der Waals surface area (Å²) in [4.78, 5) is 18.9. The molecule has 1 fully saturated rings. The highest BCUT2D eigenvalue weighted by Crippen LogP contribution is 2.36. The molecule has 0 radical (unpaired) electrons. The number of thiazole rings is 1. The molecule has 1 aliphatic heterocycles. The second kappa shape index (κ2) is 6.45. The zero-order valence-corrected chi connectivity index (χ0v) is 13.8. The minimum atomic E-state index is -0.921. The van der Waals surface area contributed by atoms with Crippen LogP contribution in [0.25, 0.3) is 0 Å². The van der Waals surface area contributed by atoms with E-state index in [0.29, 0.717) is 11.7 Å². The highest BCUT2D eigenvalue weighted by atomic mass is 32.1. The number of nitrogen functional groups attached to an aromatic ring is 1. The Morgan fingerprint density at radius 3 is 2.83 bits per heavy atom. The van der Waals surface area contributed by atoms with Gasteiger partial charge in [-0.2, -0.15) is 0 Å². The van der Waals surface area contributed by atoms with E-state index >= 15 is 0 Å². The number of hydrogen-bond donors (Lipinski definition) is 2. The Kier molecular flexibility index (Phi) is 4.38. The van der Waals surface area contributed by atoms with Crippen LogP contribution in [0.5, 0.6) is 0 Å². The van der Waals surface area contributed by atoms with Crippen molar-refractivity contribution >= 4 is 28.2 Å². The largest absolute Gasteiger partial charge is 0.465 e. The van der Waals surface area contributed by atoms with Crippen LogP contribution >= 0.6 is 11.3 Å². The van der Waals surface area contributed by atoms with E-state index in [4.69, 9.17) is 10.8 Å². The van der Waals surface area contributed by atoms with E-state index in [2.05, 4.69) is 22.0 Å². The fraction of sp³-hybridized carbons (Fsp3) is 0.375. The van der Waals surface area contributed by atoms with Gasteiger partial charge in [0.15, 0.2) is 5.13 Å². The summed E-state index contributed by atoms with van der Waals surface area (Å²) in [5.41, 5.74) is 8.92. The van der Waals surface area contributed by atoms with Crippen molar-refractivity contribution in [2.45, 2.75) is 25.4 Å². The summed E-state index contributed by atoms with van der Waals surface area (Å²) < 4.78 is 0. The standard InChI is InChI=1S/C16H20N4O2S/c1-19(16(21)22)9-11-4-6-12(7-5-11)20-8-2-3-14(20)13-10-23-15(17)18-13/h4-7,10,14H,2-3,8-9H2,1H3,(H2,17,18)(H,21,22). The molecule has 1 aromatic carbocycles. The van der Waals surface area contributed by atoms with E-state index in [1.165, 1.54) is 16.2 Å². The highest BCUT2D eigenvalue weighted by Gasteiger charge is 2.28. The number of carbonyl (C=O) groups is 1. The Bertz CT molecular complexity index is 686. The van der Waals surface area contributed by atoms with E-state index in [1.54, 1.807) is 7.05 Å². The molecule has 2 heterocycles. The van der Waals surface area contributed by atoms with E-state index in [1.807, 2.05) is 17.5 Å². The molecule has 1 atom stereocenters. The van der Waals surface area contributed by atoms with Crippen LogP contribution in [-0.2, 0) is 6.54 Å². The second-order valence-corrected chi connectivity index (χ2v) is 6.66. The minimum absolute atomic E-state index is 0.274. The molecule has 3 rings (SSSR count). The fourth-order valence-electron chi connectivity index (χ4n) is 2.97. The van der Waals surface area contributed by atoms with Gasteiger partial charge in [0.2, 0.25) is 0 Å². The summed E-state index contributed by atoms with van der Waals surface area (Å²) in [7, 11) is 1.57. The summed E-state index contributed by atoms with van der Waals surface area (Å²) in [5.74, 6) is 0. The molecule has 1 saturated heterocycles. The van der Waals surface area contributed by atoms with Gasteiger partial charge in [-0.1, -0.05) is 12.1 Å². The summed E-state index contributed by atoms with van der Waals surface area (Å²) in [6, 6.07) is 8.35. The molecule has 23 heavy (non-hydrogen) atoms. The van der Waals surface area contributed by atoms with E-state index < -0.39 is 6.09 Å². The Balaban J connectivity index is 1.74. The van der Waals surface area contributed by atoms with Crippen LogP contribution in [0.15, 0.2) is 29.6 Å². The lowest BCUT2D eigenvalue weighted by Crippen LogP contribution is -2.24. The molecule has 122 valence electrons. The average Bonchev–Trinajstić information content (AvgIpc) is 3.16. The number of amides is 1. The van der Waals surface area contributed by atoms with Crippen LogP contribution in [0, 0.1) is 0 Å². The van der Waals surface area contributed by atoms with Crippen molar-refractivity contribution in [3.63, 3.8) is 0 Å². The number of hydrogen-bond acceptors (Lipinski definition) is 5. The van der Waals surface area contributed by atoms with Crippen LogP contribution in [0.1, 0.15) is 30.1 Å². The van der Waals surface area contributed by atoms with Crippen LogP contribution in [-0.4, -0.2) is 34.7 Å². The topological polar surface area (TPSA) is 82.7 Å². The summed E-state index contributed by atoms with van der Waals surface area (Å²) >= 11 is 1.48. The summed E-state index contributed by atoms with van der Waals surface area (Å²) in [6.07, 6.45) is 1.29. The van der Waals surface area contributed by atoms with Gasteiger partial charge in [-0.15, -0.1) is 11.3 Å². The van der Waals surface area contributed by atoms with Gasteiger partial charge in [0, 0.05) is 31.2 Å². The molecule has 6 nitrogen and oxygen atoms in total. The third-order valence-corrected chi connectivity index (χ3v) is 4.84. The fourth-order valence-corrected chi connectivity index (χ4v) is 3.58. The lowest BCUT2D eigenvalue weighted by atomic mass is 10.1. The third-order valence-electron chi connectivity index (χ3n) is 4.15. The number of nitrogens with two attached hydrogens (primary N) is 1. The smallest absolute Gasteiger partial charge is 0.407 e. The molecule has 1 aromatic heterocycles. The first-order valence-corrected chi connectivity index (χ1v) is 8.43. The van der Waals surface area contributed by atoms with Gasteiger partial charge in [-0.05, 0) is 30.5 Å². The summed E-state index contributed by atoms with van der Waals surface area (Å²) in [6.45, 7) is 1.39. The van der Waals surface area contributed by atoms with E-state index in [0.717, 1.165) is 36.3 Å². The molecule has 1 aliphatic rings. The number of aromatic nitrogens is 1. The molecule has 2 aromatic rings. The number of nitrogens with zero attached hydrogens (tertiary/aromatic N) is 3. The maximum Gasteiger partial charge on any atom is 0.407 e. The number of carboxylic acid groups (broad SMARTS) is 1. The molecule has 1 unspecified atom stereocenters. The van der Waals surface area contributed by atoms with Crippen LogP contribution in [0.4, 0.5) is 15.6 Å². The quantitative estimate of drug-likeness (QED) is 0.898. The molecule has 0 aliphatic carbocycles. The van der Waals surface area contributed by atoms with Crippen molar-refractivity contribution < 1.29 is 9.90 Å². The number of benzene rings is 1. The molecule has 7 heteroatoms. The van der Waals surface area contributed by atoms with E-state index in [9.17, 15) is 4.79 Å². The van der Waals surface area contributed by atoms with Crippen LogP contribution in [0.3, 0.4) is 0 Å². The third kappa shape index (κ3) is 3.39. The SMILES string of the molecule is CN(Cc1ccc(N2CCCC2c2csc(N)n2)cc1)C(=O)O. The van der Waals surface area contributed by atoms with Gasteiger partial charge < -0.3 is 20.6 Å². The number of anilines is 2. The Labute approximate surface area is 139 Å². The highest BCUT2D eigenvalue weighted by molar-refractivity contribution is 7.13. The molecule has 1 amide bonds. The van der Waals surface area contributed by atoms with Crippen molar-refractivity contribution in [3.05, 3.63) is 40.9 Å². The second-order valence-electron chi connectivity index (χ2n) is 5.77. The van der Waals surface area contributed by atoms with Crippen molar-refractivity contribution in [2.75, 3.05) is 24.2 Å². The monoisotopic (exact) mass is 332 g/mol. The first kappa shape index (κ1) is 15.6. The predicted octanol–water partition coefficient (Wildman–Crippen LogP) is 3.18. The summed E-state index contributed by atoms with van der Waals surface area (Å²) in [5, 5.41) is 11.6. The van der Waals surface area contributed by atoms with Gasteiger partial charge >= 0.3 is 6.09 Å². The molecular formula is C16H20N4O2S. The maximum atomic E-state index is 10.9. The van der Waals surface area contributed by atoms with Crippen molar-refractivity contribution in [3.8, 4) is 0 Å². The molecule has 0 saturated carbocycles. The van der Waals surface area contributed by atoms with Gasteiger partial charge in [-0.25, -0.2) is 9.78 Å². The Morgan fingerprint density at radius 1 is 1.48 bits per heavy atom. The average molecular weight is 332 g/mol. The van der Waals surface area contributed by atoms with E-state index in [-0.39, 0.29) is 6.04 Å². The lowest BCUT2D eigenvalue weighted by Gasteiger charge is -2.26. The first-order valence-electron chi connectivity index (χ1n) is 7.55. The predicted molar refractivity (Wildman–Crippen MR) is 91.8 cm³/mol. The molecule has 0 bridgehead atoms. The number of rotatable bonds is 4. The maximum absolute atomic E-state index is 10.9. The minimum Gasteiger partial charge on any atom is -0.465 e. The van der Waals surface area contributed by atoms with Crippen LogP contribution in [0.2, 0.25) is 0 Å². The van der Waals surface area contributed by atoms with Crippen molar-refractivity contribution in [1.29, 1.82) is 0 Å². The Hall–Kier alpha value is -2.28. The zero-order valence-electron chi connectivity index (χ0n) is 13.0. The molecular weight excluding hydrogens is 312 g/mol. The first-order chi connectivity index (χ1) is 11.0. The van der Waals surface area contributed by atoms with Crippen LogP contribution < -0.4 is 10.6 Å². The Morgan fingerprint density at radius 2 is 2.22 bits per heavy atom. The molecule has 3 N–H and O–H groups in total. The molecule has 0 spiro atoms. The lowest BCUT2D eigenvalue weighted by molar-refractivity contribution is 0.154.